The van der Waals surface area contributed by atoms with Crippen molar-refractivity contribution in [1.82, 2.24) is 0 Å². The Morgan fingerprint density at radius 1 is 1.24 bits per heavy atom. The molecule has 0 aromatic heterocycles. The van der Waals surface area contributed by atoms with Crippen LogP contribution in [0.1, 0.15) is 52.0 Å². The number of hydrogen-bond donors (Lipinski definition) is 0. The molecule has 21 heavy (non-hydrogen) atoms. The van der Waals surface area contributed by atoms with E-state index in [4.69, 9.17) is 11.6 Å². The fraction of sp³-hybridized carbons (Fsp3) is 0.667. The van der Waals surface area contributed by atoms with Crippen molar-refractivity contribution in [3.8, 4) is 0 Å². The van der Waals surface area contributed by atoms with E-state index in [1.807, 2.05) is 6.07 Å². The molecule has 1 fully saturated rings. The van der Waals surface area contributed by atoms with Crippen molar-refractivity contribution in [1.29, 1.82) is 0 Å². The van der Waals surface area contributed by atoms with Gasteiger partial charge in [0.1, 0.15) is 5.82 Å². The Morgan fingerprint density at radius 2 is 1.86 bits per heavy atom. The van der Waals surface area contributed by atoms with Crippen molar-refractivity contribution in [2.45, 2.75) is 52.9 Å². The minimum absolute atomic E-state index is 0.135. The predicted octanol–water partition coefficient (Wildman–Crippen LogP) is 6.59. The third-order valence-electron chi connectivity index (χ3n) is 5.06. The van der Waals surface area contributed by atoms with Crippen LogP contribution in [0.2, 0.25) is 0 Å². The van der Waals surface area contributed by atoms with E-state index >= 15 is 0 Å². The van der Waals surface area contributed by atoms with E-state index in [0.29, 0.717) is 11.3 Å². The molecule has 0 atom stereocenters. The standard InChI is InChI=1S/C18H25BrClF/c1-17(2,3)14-4-6-18(12-20,7-5-14)11-13-8-15(19)10-16(21)9-13/h8-10,14H,4-7,11-12H2,1-3H3. The van der Waals surface area contributed by atoms with Gasteiger partial charge in [-0.3, -0.25) is 0 Å². The van der Waals surface area contributed by atoms with E-state index in [2.05, 4.69) is 36.7 Å². The lowest BCUT2D eigenvalue weighted by Gasteiger charge is -2.43. The van der Waals surface area contributed by atoms with Gasteiger partial charge in [-0.1, -0.05) is 36.7 Å². The lowest BCUT2D eigenvalue weighted by atomic mass is 9.63. The number of hydrogen-bond acceptors (Lipinski definition) is 0. The molecule has 1 aromatic carbocycles. The average Bonchev–Trinajstić information content (AvgIpc) is 2.37. The van der Waals surface area contributed by atoms with Gasteiger partial charge in [0.15, 0.2) is 0 Å². The van der Waals surface area contributed by atoms with Gasteiger partial charge in [0.25, 0.3) is 0 Å². The van der Waals surface area contributed by atoms with E-state index in [1.54, 1.807) is 6.07 Å². The molecule has 1 aliphatic rings. The van der Waals surface area contributed by atoms with Gasteiger partial charge in [-0.05, 0) is 72.6 Å². The zero-order chi connectivity index (χ0) is 15.7. The van der Waals surface area contributed by atoms with Crippen LogP contribution in [0.3, 0.4) is 0 Å². The van der Waals surface area contributed by atoms with E-state index in [1.165, 1.54) is 18.9 Å². The second-order valence-corrected chi connectivity index (χ2v) is 8.91. The van der Waals surface area contributed by atoms with Crippen molar-refractivity contribution in [3.63, 3.8) is 0 Å². The summed E-state index contributed by atoms with van der Waals surface area (Å²) in [6, 6.07) is 5.18. The second kappa shape index (κ2) is 6.58. The highest BCUT2D eigenvalue weighted by Gasteiger charge is 2.38. The maximum absolute atomic E-state index is 13.6. The fourth-order valence-electron chi connectivity index (χ4n) is 3.60. The molecule has 0 N–H and O–H groups in total. The summed E-state index contributed by atoms with van der Waals surface area (Å²) in [6.07, 6.45) is 5.63. The smallest absolute Gasteiger partial charge is 0.124 e. The molecule has 118 valence electrons. The number of halogens is 3. The van der Waals surface area contributed by atoms with Gasteiger partial charge in [-0.15, -0.1) is 11.6 Å². The number of alkyl halides is 1. The molecule has 0 unspecified atom stereocenters. The maximum Gasteiger partial charge on any atom is 0.124 e. The van der Waals surface area contributed by atoms with Crippen molar-refractivity contribution in [2.75, 3.05) is 5.88 Å². The zero-order valence-electron chi connectivity index (χ0n) is 13.2. The van der Waals surface area contributed by atoms with Crippen LogP contribution in [0, 0.1) is 22.6 Å². The largest absolute Gasteiger partial charge is 0.207 e. The molecule has 0 spiro atoms. The Morgan fingerprint density at radius 3 is 2.33 bits per heavy atom. The monoisotopic (exact) mass is 374 g/mol. The lowest BCUT2D eigenvalue weighted by molar-refractivity contribution is 0.102. The van der Waals surface area contributed by atoms with Gasteiger partial charge < -0.3 is 0 Å². The molecule has 2 rings (SSSR count). The first-order valence-electron chi connectivity index (χ1n) is 7.75. The van der Waals surface area contributed by atoms with Crippen molar-refractivity contribution >= 4 is 27.5 Å². The Labute approximate surface area is 141 Å². The molecular formula is C18H25BrClF. The second-order valence-electron chi connectivity index (χ2n) is 7.73. The van der Waals surface area contributed by atoms with Crippen LogP contribution in [-0.2, 0) is 6.42 Å². The molecule has 1 saturated carbocycles. The molecule has 0 heterocycles. The topological polar surface area (TPSA) is 0 Å². The summed E-state index contributed by atoms with van der Waals surface area (Å²) in [4.78, 5) is 0. The predicted molar refractivity (Wildman–Crippen MR) is 92.4 cm³/mol. The van der Waals surface area contributed by atoms with Crippen molar-refractivity contribution in [2.24, 2.45) is 16.7 Å². The maximum atomic E-state index is 13.6. The lowest BCUT2D eigenvalue weighted by Crippen LogP contribution is -2.35. The van der Waals surface area contributed by atoms with Crippen LogP contribution in [0.15, 0.2) is 22.7 Å². The molecule has 0 saturated heterocycles. The molecule has 0 amide bonds. The summed E-state index contributed by atoms with van der Waals surface area (Å²) >= 11 is 9.70. The highest BCUT2D eigenvalue weighted by atomic mass is 79.9. The van der Waals surface area contributed by atoms with Crippen LogP contribution < -0.4 is 0 Å². The van der Waals surface area contributed by atoms with Gasteiger partial charge in [-0.2, -0.15) is 0 Å². The van der Waals surface area contributed by atoms with Crippen LogP contribution in [-0.4, -0.2) is 5.88 Å². The van der Waals surface area contributed by atoms with Crippen molar-refractivity contribution < 1.29 is 4.39 Å². The zero-order valence-corrected chi connectivity index (χ0v) is 15.5. The Bertz CT molecular complexity index is 464. The summed E-state index contributed by atoms with van der Waals surface area (Å²) in [5.74, 6) is 1.26. The SMILES string of the molecule is CC(C)(C)C1CCC(CCl)(Cc2cc(F)cc(Br)c2)CC1. The molecule has 0 aliphatic heterocycles. The van der Waals surface area contributed by atoms with E-state index in [-0.39, 0.29) is 11.2 Å². The van der Waals surface area contributed by atoms with Crippen LogP contribution in [0.4, 0.5) is 4.39 Å². The quantitative estimate of drug-likeness (QED) is 0.523. The van der Waals surface area contributed by atoms with Crippen molar-refractivity contribution in [3.05, 3.63) is 34.1 Å². The van der Waals surface area contributed by atoms with E-state index in [9.17, 15) is 4.39 Å². The van der Waals surface area contributed by atoms with Gasteiger partial charge in [0.2, 0.25) is 0 Å². The van der Waals surface area contributed by atoms with Crippen LogP contribution in [0.25, 0.3) is 0 Å². The number of rotatable bonds is 3. The van der Waals surface area contributed by atoms with Crippen LogP contribution in [0.5, 0.6) is 0 Å². The average molecular weight is 376 g/mol. The van der Waals surface area contributed by atoms with Gasteiger partial charge in [0.05, 0.1) is 0 Å². The third-order valence-corrected chi connectivity index (χ3v) is 6.08. The minimum atomic E-state index is -0.174. The molecule has 3 heteroatoms. The first-order chi connectivity index (χ1) is 9.74. The summed E-state index contributed by atoms with van der Waals surface area (Å²) in [7, 11) is 0. The third kappa shape index (κ3) is 4.45. The molecule has 1 aliphatic carbocycles. The summed E-state index contributed by atoms with van der Waals surface area (Å²) < 4.78 is 14.4. The van der Waals surface area contributed by atoms with Gasteiger partial charge in [-0.25, -0.2) is 4.39 Å². The van der Waals surface area contributed by atoms with E-state index in [0.717, 1.165) is 35.2 Å². The van der Waals surface area contributed by atoms with E-state index < -0.39 is 0 Å². The summed E-state index contributed by atoms with van der Waals surface area (Å²) in [5, 5.41) is 0. The summed E-state index contributed by atoms with van der Waals surface area (Å²) in [5.41, 5.74) is 1.56. The van der Waals surface area contributed by atoms with Crippen LogP contribution >= 0.6 is 27.5 Å². The molecular weight excluding hydrogens is 351 g/mol. The molecule has 0 radical (unpaired) electrons. The summed E-state index contributed by atoms with van der Waals surface area (Å²) in [6.45, 7) is 6.99. The first-order valence-corrected chi connectivity index (χ1v) is 9.08. The normalized spacial score (nSPS) is 26.9. The Hall–Kier alpha value is -0.0800. The molecule has 1 aromatic rings. The highest BCUT2D eigenvalue weighted by Crippen LogP contribution is 2.47. The fourth-order valence-corrected chi connectivity index (χ4v) is 4.47. The Balaban J connectivity index is 2.10. The molecule has 0 nitrogen and oxygen atoms in total. The first kappa shape index (κ1) is 17.3. The van der Waals surface area contributed by atoms with Gasteiger partial charge in [0, 0.05) is 10.4 Å². The van der Waals surface area contributed by atoms with Gasteiger partial charge >= 0.3 is 0 Å². The number of benzene rings is 1. The highest BCUT2D eigenvalue weighted by molar-refractivity contribution is 9.10. The Kier molecular flexibility index (Phi) is 5.41. The minimum Gasteiger partial charge on any atom is -0.207 e. The molecule has 0 bridgehead atoms.